The molecule has 1 aliphatic heterocycles. The summed E-state index contributed by atoms with van der Waals surface area (Å²) in [4.78, 5) is 11.8. The molecule has 2 heterocycles. The van der Waals surface area contributed by atoms with E-state index in [0.717, 1.165) is 6.42 Å². The van der Waals surface area contributed by atoms with Crippen molar-refractivity contribution >= 4 is 5.97 Å². The second kappa shape index (κ2) is 6.95. The Morgan fingerprint density at radius 3 is 2.81 bits per heavy atom. The third kappa shape index (κ3) is 3.38. The third-order valence-corrected chi connectivity index (χ3v) is 3.31. The van der Waals surface area contributed by atoms with Crippen molar-refractivity contribution in [1.29, 1.82) is 0 Å². The van der Waals surface area contributed by atoms with Crippen molar-refractivity contribution in [2.75, 3.05) is 13.2 Å². The van der Waals surface area contributed by atoms with Crippen LogP contribution in [-0.4, -0.2) is 52.8 Å². The van der Waals surface area contributed by atoms with Crippen LogP contribution in [0.3, 0.4) is 0 Å². The third-order valence-electron chi connectivity index (χ3n) is 3.31. The monoisotopic (exact) mass is 298 g/mol. The van der Waals surface area contributed by atoms with E-state index in [1.54, 1.807) is 18.3 Å². The number of rotatable bonds is 5. The standard InChI is InChI=1S/C14H20NO6/c1-2-6-20-14(19)9-4-3-5-15(7-9)13-12(18)11(17)10(8-16)21-13/h3-5,7,10-13,16-18H,2,6,8H2,1H3/q+1/t10-,11+,12+,13-/m1/s1. The molecule has 1 saturated heterocycles. The number of aliphatic hydroxyl groups excluding tert-OH is 3. The molecule has 0 unspecified atom stereocenters. The minimum atomic E-state index is -1.19. The van der Waals surface area contributed by atoms with Gasteiger partial charge < -0.3 is 24.8 Å². The van der Waals surface area contributed by atoms with E-state index in [4.69, 9.17) is 14.6 Å². The van der Waals surface area contributed by atoms with Gasteiger partial charge in [-0.2, -0.15) is 4.57 Å². The molecule has 1 aromatic rings. The first kappa shape index (κ1) is 15.8. The average Bonchev–Trinajstić information content (AvgIpc) is 2.80. The molecule has 21 heavy (non-hydrogen) atoms. The quantitative estimate of drug-likeness (QED) is 0.484. The molecule has 0 radical (unpaired) electrons. The number of pyridine rings is 1. The molecule has 0 amide bonds. The molecule has 1 aliphatic rings. The summed E-state index contributed by atoms with van der Waals surface area (Å²) in [7, 11) is 0. The van der Waals surface area contributed by atoms with E-state index in [2.05, 4.69) is 0 Å². The van der Waals surface area contributed by atoms with Crippen LogP contribution in [-0.2, 0) is 9.47 Å². The van der Waals surface area contributed by atoms with E-state index in [1.807, 2.05) is 6.92 Å². The van der Waals surface area contributed by atoms with Crippen molar-refractivity contribution in [2.45, 2.75) is 37.9 Å². The van der Waals surface area contributed by atoms with Gasteiger partial charge in [-0.05, 0) is 12.5 Å². The van der Waals surface area contributed by atoms with E-state index in [-0.39, 0.29) is 0 Å². The molecule has 0 spiro atoms. The lowest BCUT2D eigenvalue weighted by Gasteiger charge is -2.10. The first-order chi connectivity index (χ1) is 10.1. The lowest BCUT2D eigenvalue weighted by Crippen LogP contribution is -2.46. The topological polar surface area (TPSA) is 100 Å². The second-order valence-electron chi connectivity index (χ2n) is 4.90. The van der Waals surface area contributed by atoms with Crippen molar-refractivity contribution in [1.82, 2.24) is 0 Å². The maximum atomic E-state index is 11.8. The highest BCUT2D eigenvalue weighted by Crippen LogP contribution is 2.25. The molecule has 3 N–H and O–H groups in total. The largest absolute Gasteiger partial charge is 0.462 e. The molecule has 116 valence electrons. The van der Waals surface area contributed by atoms with Gasteiger partial charge in [0, 0.05) is 6.07 Å². The highest BCUT2D eigenvalue weighted by Gasteiger charge is 2.48. The molecule has 7 nitrogen and oxygen atoms in total. The smallest absolute Gasteiger partial charge is 0.344 e. The van der Waals surface area contributed by atoms with Crippen LogP contribution in [0, 0.1) is 0 Å². The van der Waals surface area contributed by atoms with Gasteiger partial charge in [-0.15, -0.1) is 0 Å². The lowest BCUT2D eigenvalue weighted by atomic mass is 10.1. The summed E-state index contributed by atoms with van der Waals surface area (Å²) < 4.78 is 11.9. The highest BCUT2D eigenvalue weighted by molar-refractivity contribution is 5.88. The highest BCUT2D eigenvalue weighted by atomic mass is 16.6. The number of ether oxygens (including phenoxy) is 2. The summed E-state index contributed by atoms with van der Waals surface area (Å²) in [5.74, 6) is -0.460. The Bertz CT molecular complexity index is 494. The van der Waals surface area contributed by atoms with Crippen LogP contribution in [0.5, 0.6) is 0 Å². The number of aliphatic hydroxyl groups is 3. The van der Waals surface area contributed by atoms with E-state index in [9.17, 15) is 15.0 Å². The Labute approximate surface area is 122 Å². The van der Waals surface area contributed by atoms with Crippen molar-refractivity contribution in [3.05, 3.63) is 30.1 Å². The SMILES string of the molecule is CCCOC(=O)c1ccc[n+]([C@@H]2O[C@H](CO)[C@H](O)[C@@H]2O)c1. The average molecular weight is 298 g/mol. The van der Waals surface area contributed by atoms with Crippen LogP contribution in [0.4, 0.5) is 0 Å². The number of carbonyl (C=O) groups excluding carboxylic acids is 1. The first-order valence-corrected chi connectivity index (χ1v) is 6.88. The maximum absolute atomic E-state index is 11.8. The van der Waals surface area contributed by atoms with Gasteiger partial charge >= 0.3 is 5.97 Å². The molecule has 0 aromatic carbocycles. The van der Waals surface area contributed by atoms with Crippen molar-refractivity contribution in [3.8, 4) is 0 Å². The van der Waals surface area contributed by atoms with Crippen LogP contribution < -0.4 is 4.57 Å². The number of hydrogen-bond acceptors (Lipinski definition) is 6. The maximum Gasteiger partial charge on any atom is 0.344 e. The summed E-state index contributed by atoms with van der Waals surface area (Å²) in [5.41, 5.74) is 0.323. The van der Waals surface area contributed by atoms with Gasteiger partial charge in [-0.3, -0.25) is 0 Å². The summed E-state index contributed by atoms with van der Waals surface area (Å²) in [5, 5.41) is 28.8. The Kier molecular flexibility index (Phi) is 5.24. The Hall–Kier alpha value is -1.54. The van der Waals surface area contributed by atoms with E-state index < -0.39 is 37.1 Å². The van der Waals surface area contributed by atoms with Gasteiger partial charge in [0.2, 0.25) is 0 Å². The van der Waals surface area contributed by atoms with Gasteiger partial charge in [-0.1, -0.05) is 6.92 Å². The van der Waals surface area contributed by atoms with Crippen molar-refractivity contribution in [3.63, 3.8) is 0 Å². The zero-order valence-electron chi connectivity index (χ0n) is 11.8. The molecule has 1 fully saturated rings. The van der Waals surface area contributed by atoms with E-state index >= 15 is 0 Å². The minimum absolute atomic E-state index is 0.323. The van der Waals surface area contributed by atoms with Crippen molar-refractivity contribution in [2.24, 2.45) is 0 Å². The van der Waals surface area contributed by atoms with Crippen molar-refractivity contribution < 1.29 is 34.2 Å². The summed E-state index contributed by atoms with van der Waals surface area (Å²) in [6.07, 6.45) is -0.260. The van der Waals surface area contributed by atoms with Crippen LogP contribution in [0.2, 0.25) is 0 Å². The van der Waals surface area contributed by atoms with Crippen LogP contribution in [0.25, 0.3) is 0 Å². The zero-order chi connectivity index (χ0) is 15.4. The Morgan fingerprint density at radius 1 is 1.43 bits per heavy atom. The molecule has 0 saturated carbocycles. The summed E-state index contributed by atoms with van der Waals surface area (Å²) in [6, 6.07) is 3.22. The number of esters is 1. The van der Waals surface area contributed by atoms with Gasteiger partial charge in [-0.25, -0.2) is 4.79 Å². The van der Waals surface area contributed by atoms with Crippen LogP contribution >= 0.6 is 0 Å². The van der Waals surface area contributed by atoms with Gasteiger partial charge in [0.25, 0.3) is 6.23 Å². The van der Waals surface area contributed by atoms with Crippen LogP contribution in [0.1, 0.15) is 29.9 Å². The fourth-order valence-corrected chi connectivity index (χ4v) is 2.18. The summed E-state index contributed by atoms with van der Waals surface area (Å²) in [6.45, 7) is 1.84. The number of hydrogen-bond donors (Lipinski definition) is 3. The van der Waals surface area contributed by atoms with Gasteiger partial charge in [0.05, 0.1) is 13.2 Å². The first-order valence-electron chi connectivity index (χ1n) is 6.88. The molecule has 0 aliphatic carbocycles. The lowest BCUT2D eigenvalue weighted by molar-refractivity contribution is -0.765. The molecule has 1 aromatic heterocycles. The molecule has 7 heteroatoms. The van der Waals surface area contributed by atoms with Crippen LogP contribution in [0.15, 0.2) is 24.5 Å². The zero-order valence-corrected chi connectivity index (χ0v) is 11.8. The fraction of sp³-hybridized carbons (Fsp3) is 0.571. The number of nitrogens with zero attached hydrogens (tertiary/aromatic N) is 1. The molecule has 0 bridgehead atoms. The Balaban J connectivity index is 2.16. The van der Waals surface area contributed by atoms with Gasteiger partial charge in [0.1, 0.15) is 17.8 Å². The van der Waals surface area contributed by atoms with E-state index in [0.29, 0.717) is 12.2 Å². The number of carbonyl (C=O) groups is 1. The molecule has 4 atom stereocenters. The van der Waals surface area contributed by atoms with Gasteiger partial charge in [0.15, 0.2) is 18.5 Å². The molecular formula is C14H20NO6+. The second-order valence-corrected chi connectivity index (χ2v) is 4.90. The normalized spacial score (nSPS) is 28.6. The molecular weight excluding hydrogens is 278 g/mol. The molecule has 2 rings (SSSR count). The fourth-order valence-electron chi connectivity index (χ4n) is 2.18. The Morgan fingerprint density at radius 2 is 2.19 bits per heavy atom. The minimum Gasteiger partial charge on any atom is -0.462 e. The number of aromatic nitrogens is 1. The predicted molar refractivity (Wildman–Crippen MR) is 70.2 cm³/mol. The van der Waals surface area contributed by atoms with E-state index in [1.165, 1.54) is 10.8 Å². The summed E-state index contributed by atoms with van der Waals surface area (Å²) >= 11 is 0. The predicted octanol–water partition coefficient (Wildman–Crippen LogP) is -0.848.